The van der Waals surface area contributed by atoms with Crippen LogP contribution < -0.4 is 0 Å². The van der Waals surface area contributed by atoms with Crippen LogP contribution in [0.15, 0.2) is 59.6 Å². The molecule has 0 N–H and O–H groups in total. The van der Waals surface area contributed by atoms with Gasteiger partial charge in [0.2, 0.25) is 5.78 Å². The number of carbonyl (C=O) groups excluding carboxylic acids is 1. The molecule has 2 aromatic rings. The molecule has 0 amide bonds. The standard InChI is InChI=1S/C15H10N2O3/c18-15-12-9-5-4-8-11(12)13(14(15)17(19)20)16-10-6-2-1-3-7-10/h1-9,14H/t14-/m1/s1. The van der Waals surface area contributed by atoms with Gasteiger partial charge in [-0.05, 0) is 12.1 Å². The predicted octanol–water partition coefficient (Wildman–Crippen LogP) is 2.65. The van der Waals surface area contributed by atoms with Crippen molar-refractivity contribution in [2.45, 2.75) is 6.04 Å². The number of nitro groups is 1. The van der Waals surface area contributed by atoms with E-state index in [0.29, 0.717) is 16.8 Å². The molecule has 0 bridgehead atoms. The van der Waals surface area contributed by atoms with Crippen molar-refractivity contribution in [2.24, 2.45) is 4.99 Å². The van der Waals surface area contributed by atoms with Gasteiger partial charge in [0.25, 0.3) is 0 Å². The molecule has 20 heavy (non-hydrogen) atoms. The second-order valence-electron chi connectivity index (χ2n) is 4.43. The normalized spacial score (nSPS) is 19.1. The lowest BCUT2D eigenvalue weighted by Crippen LogP contribution is -2.31. The highest BCUT2D eigenvalue weighted by atomic mass is 16.6. The van der Waals surface area contributed by atoms with Gasteiger partial charge in [-0.3, -0.25) is 14.9 Å². The highest BCUT2D eigenvalue weighted by Gasteiger charge is 2.45. The summed E-state index contributed by atoms with van der Waals surface area (Å²) in [4.78, 5) is 27.0. The van der Waals surface area contributed by atoms with Gasteiger partial charge in [-0.25, -0.2) is 4.99 Å². The lowest BCUT2D eigenvalue weighted by Gasteiger charge is -2.02. The number of carbonyl (C=O) groups is 1. The number of hydrogen-bond acceptors (Lipinski definition) is 4. The average molecular weight is 266 g/mol. The lowest BCUT2D eigenvalue weighted by molar-refractivity contribution is -0.485. The summed E-state index contributed by atoms with van der Waals surface area (Å²) in [6.07, 6.45) is 0. The number of fused-ring (bicyclic) bond motifs is 1. The summed E-state index contributed by atoms with van der Waals surface area (Å²) >= 11 is 0. The van der Waals surface area contributed by atoms with E-state index in [-0.39, 0.29) is 5.71 Å². The van der Waals surface area contributed by atoms with E-state index < -0.39 is 16.7 Å². The van der Waals surface area contributed by atoms with Crippen LogP contribution in [0.3, 0.4) is 0 Å². The maximum Gasteiger partial charge on any atom is 0.316 e. The van der Waals surface area contributed by atoms with Crippen molar-refractivity contribution in [1.29, 1.82) is 0 Å². The summed E-state index contributed by atoms with van der Waals surface area (Å²) in [6.45, 7) is 0. The van der Waals surface area contributed by atoms with Crippen LogP contribution in [0.2, 0.25) is 0 Å². The molecule has 2 aromatic carbocycles. The third kappa shape index (κ3) is 1.89. The van der Waals surface area contributed by atoms with Gasteiger partial charge >= 0.3 is 6.04 Å². The SMILES string of the molecule is O=C1c2ccccc2C(=Nc2ccccc2)[C@H]1[N+](=O)[O-]. The molecule has 0 fully saturated rings. The minimum absolute atomic E-state index is 0.210. The van der Waals surface area contributed by atoms with Crippen LogP contribution in [0.4, 0.5) is 5.69 Å². The number of Topliss-reactive ketones (excluding diaryl/α,β-unsaturated/α-hetero) is 1. The summed E-state index contributed by atoms with van der Waals surface area (Å²) in [5.74, 6) is -0.500. The number of aliphatic imine (C=N–C) groups is 1. The summed E-state index contributed by atoms with van der Waals surface area (Å²) in [6, 6.07) is 14.2. The highest BCUT2D eigenvalue weighted by Crippen LogP contribution is 2.27. The van der Waals surface area contributed by atoms with Crippen molar-refractivity contribution in [3.05, 3.63) is 75.8 Å². The first-order valence-electron chi connectivity index (χ1n) is 6.09. The first-order valence-corrected chi connectivity index (χ1v) is 6.09. The molecule has 0 saturated heterocycles. The van der Waals surface area contributed by atoms with Crippen molar-refractivity contribution in [3.63, 3.8) is 0 Å². The molecule has 0 spiro atoms. The van der Waals surface area contributed by atoms with E-state index in [2.05, 4.69) is 4.99 Å². The van der Waals surface area contributed by atoms with E-state index in [1.54, 1.807) is 48.5 Å². The first-order chi connectivity index (χ1) is 9.68. The van der Waals surface area contributed by atoms with E-state index in [4.69, 9.17) is 0 Å². The molecule has 0 heterocycles. The quantitative estimate of drug-likeness (QED) is 0.619. The molecule has 1 aliphatic rings. The van der Waals surface area contributed by atoms with Crippen LogP contribution in [-0.2, 0) is 0 Å². The molecule has 98 valence electrons. The Hall–Kier alpha value is -2.82. The zero-order chi connectivity index (χ0) is 14.1. The largest absolute Gasteiger partial charge is 0.316 e. The number of rotatable bonds is 2. The Kier molecular flexibility index (Phi) is 2.87. The van der Waals surface area contributed by atoms with Gasteiger partial charge in [0.1, 0.15) is 5.71 Å². The van der Waals surface area contributed by atoms with E-state index in [1.807, 2.05) is 6.07 Å². The number of nitrogens with zero attached hydrogens (tertiary/aromatic N) is 2. The summed E-state index contributed by atoms with van der Waals surface area (Å²) in [5, 5.41) is 11.2. The molecule has 0 aliphatic heterocycles. The van der Waals surface area contributed by atoms with E-state index in [9.17, 15) is 14.9 Å². The Morgan fingerprint density at radius 2 is 1.55 bits per heavy atom. The van der Waals surface area contributed by atoms with Gasteiger partial charge in [0.15, 0.2) is 0 Å². The first kappa shape index (κ1) is 12.2. The Morgan fingerprint density at radius 1 is 0.950 bits per heavy atom. The van der Waals surface area contributed by atoms with Gasteiger partial charge in [-0.15, -0.1) is 0 Å². The molecule has 5 nitrogen and oxygen atoms in total. The fourth-order valence-corrected chi connectivity index (χ4v) is 2.30. The minimum atomic E-state index is -1.41. The average Bonchev–Trinajstić information content (AvgIpc) is 2.74. The maximum atomic E-state index is 12.1. The maximum absolute atomic E-state index is 12.1. The molecule has 0 saturated carbocycles. The molecular formula is C15H10N2O3. The van der Waals surface area contributed by atoms with Crippen LogP contribution in [0.1, 0.15) is 15.9 Å². The molecule has 1 atom stereocenters. The van der Waals surface area contributed by atoms with Gasteiger partial charge in [0.05, 0.1) is 5.69 Å². The topological polar surface area (TPSA) is 72.6 Å². The monoisotopic (exact) mass is 266 g/mol. The molecule has 0 aromatic heterocycles. The molecule has 1 aliphatic carbocycles. The minimum Gasteiger partial charge on any atom is -0.286 e. The van der Waals surface area contributed by atoms with E-state index >= 15 is 0 Å². The zero-order valence-corrected chi connectivity index (χ0v) is 10.4. The second-order valence-corrected chi connectivity index (χ2v) is 4.43. The van der Waals surface area contributed by atoms with Crippen LogP contribution in [0, 0.1) is 10.1 Å². The van der Waals surface area contributed by atoms with E-state index in [1.165, 1.54) is 0 Å². The van der Waals surface area contributed by atoms with Crippen molar-refractivity contribution in [2.75, 3.05) is 0 Å². The van der Waals surface area contributed by atoms with Gasteiger partial charge in [-0.1, -0.05) is 42.5 Å². The number of benzene rings is 2. The van der Waals surface area contributed by atoms with Gasteiger partial charge < -0.3 is 0 Å². The summed E-state index contributed by atoms with van der Waals surface area (Å²) in [5.41, 5.74) is 1.72. The van der Waals surface area contributed by atoms with Crippen LogP contribution in [0.5, 0.6) is 0 Å². The van der Waals surface area contributed by atoms with Crippen molar-refractivity contribution in [1.82, 2.24) is 0 Å². The predicted molar refractivity (Wildman–Crippen MR) is 74.2 cm³/mol. The Balaban J connectivity index is 2.18. The van der Waals surface area contributed by atoms with Crippen molar-refractivity contribution >= 4 is 17.2 Å². The van der Waals surface area contributed by atoms with Gasteiger partial charge in [0, 0.05) is 16.1 Å². The smallest absolute Gasteiger partial charge is 0.286 e. The van der Waals surface area contributed by atoms with Gasteiger partial charge in [-0.2, -0.15) is 0 Å². The number of ketones is 1. The Bertz CT molecular complexity index is 723. The molecule has 5 heteroatoms. The Morgan fingerprint density at radius 3 is 2.20 bits per heavy atom. The Labute approximate surface area is 114 Å². The third-order valence-corrected chi connectivity index (χ3v) is 3.19. The third-order valence-electron chi connectivity index (χ3n) is 3.19. The highest BCUT2D eigenvalue weighted by molar-refractivity contribution is 6.30. The van der Waals surface area contributed by atoms with E-state index in [0.717, 1.165) is 0 Å². The van der Waals surface area contributed by atoms with Crippen LogP contribution in [-0.4, -0.2) is 22.5 Å². The van der Waals surface area contributed by atoms with Crippen molar-refractivity contribution < 1.29 is 9.72 Å². The molecule has 0 radical (unpaired) electrons. The second kappa shape index (κ2) is 4.70. The van der Waals surface area contributed by atoms with Crippen LogP contribution >= 0.6 is 0 Å². The fraction of sp³-hybridized carbons (Fsp3) is 0.0667. The summed E-state index contributed by atoms with van der Waals surface area (Å²) < 4.78 is 0. The molecular weight excluding hydrogens is 256 g/mol. The van der Waals surface area contributed by atoms with Crippen molar-refractivity contribution in [3.8, 4) is 0 Å². The number of para-hydroxylation sites is 1. The molecule has 3 rings (SSSR count). The lowest BCUT2D eigenvalue weighted by atomic mass is 10.1. The van der Waals surface area contributed by atoms with Crippen LogP contribution in [0.25, 0.3) is 0 Å². The molecule has 0 unspecified atom stereocenters. The fourth-order valence-electron chi connectivity index (χ4n) is 2.30. The number of hydrogen-bond donors (Lipinski definition) is 0. The summed E-state index contributed by atoms with van der Waals surface area (Å²) in [7, 11) is 0. The zero-order valence-electron chi connectivity index (χ0n) is 10.4.